The number of hydrogen-bond acceptors (Lipinski definition) is 2. The van der Waals surface area contributed by atoms with Gasteiger partial charge in [0.1, 0.15) is 0 Å². The van der Waals surface area contributed by atoms with Gasteiger partial charge in [-0.1, -0.05) is 0 Å². The van der Waals surface area contributed by atoms with Crippen LogP contribution in [0.3, 0.4) is 0 Å². The zero-order valence-corrected chi connectivity index (χ0v) is 4.76. The Balaban J connectivity index is 3.03. The fourth-order valence-corrected chi connectivity index (χ4v) is 0.420. The van der Waals surface area contributed by atoms with Crippen molar-refractivity contribution in [2.75, 3.05) is 0 Å². The third kappa shape index (κ3) is 1.17. The molecule has 1 aromatic rings. The van der Waals surface area contributed by atoms with Gasteiger partial charge in [0, 0.05) is 19.3 Å². The van der Waals surface area contributed by atoms with Gasteiger partial charge in [-0.05, 0) is 17.2 Å². The summed E-state index contributed by atoms with van der Waals surface area (Å²) in [6.45, 7) is 5.24. The molecule has 3 heteroatoms. The van der Waals surface area contributed by atoms with E-state index in [0.717, 1.165) is 0 Å². The van der Waals surface area contributed by atoms with Crippen LogP contribution < -0.4 is 0 Å². The molecule has 1 aromatic heterocycles. The van der Waals surface area contributed by atoms with Crippen molar-refractivity contribution in [3.8, 4) is 0 Å². The first kappa shape index (κ1) is 5.51. The molecule has 0 unspecified atom stereocenters. The molecule has 40 valence electrons. The molecule has 0 aromatic carbocycles. The van der Waals surface area contributed by atoms with Gasteiger partial charge in [-0.2, -0.15) is 0 Å². The third-order valence-electron chi connectivity index (χ3n) is 0.640. The van der Waals surface area contributed by atoms with Crippen LogP contribution in [-0.4, -0.2) is 9.97 Å². The summed E-state index contributed by atoms with van der Waals surface area (Å²) >= 11 is 5.33. The molecule has 2 nitrogen and oxygen atoms in total. The normalized spacial score (nSPS) is 9.25. The van der Waals surface area contributed by atoms with E-state index in [-0.39, 0.29) is 5.28 Å². The monoisotopic (exact) mass is 126 g/mol. The van der Waals surface area contributed by atoms with E-state index < -0.39 is 0 Å². The highest BCUT2D eigenvalue weighted by Crippen LogP contribution is 1.97. The van der Waals surface area contributed by atoms with Crippen molar-refractivity contribution in [1.29, 1.82) is 0 Å². The highest BCUT2D eigenvalue weighted by Gasteiger charge is 1.85. The SMILES string of the molecule is [CH]c1cnc(Cl)nc1. The molecular weight excluding hydrogens is 124 g/mol. The molecule has 0 saturated heterocycles. The maximum absolute atomic E-state index is 5.33. The molecule has 0 fully saturated rings. The van der Waals surface area contributed by atoms with Gasteiger partial charge in [0.2, 0.25) is 5.28 Å². The first-order chi connectivity index (χ1) is 3.79. The van der Waals surface area contributed by atoms with Gasteiger partial charge in [0.05, 0.1) is 0 Å². The number of hydrogen-bond donors (Lipinski definition) is 0. The van der Waals surface area contributed by atoms with Crippen LogP contribution >= 0.6 is 11.6 Å². The fourth-order valence-electron chi connectivity index (χ4n) is 0.322. The summed E-state index contributed by atoms with van der Waals surface area (Å²) in [4.78, 5) is 7.22. The highest BCUT2D eigenvalue weighted by molar-refractivity contribution is 6.28. The van der Waals surface area contributed by atoms with Gasteiger partial charge in [0.15, 0.2) is 0 Å². The molecule has 0 atom stereocenters. The maximum atomic E-state index is 5.33. The summed E-state index contributed by atoms with van der Waals surface area (Å²) in [6.07, 6.45) is 2.91. The molecule has 0 N–H and O–H groups in total. The number of aromatic nitrogens is 2. The second kappa shape index (κ2) is 2.09. The van der Waals surface area contributed by atoms with Crippen molar-refractivity contribution in [1.82, 2.24) is 9.97 Å². The van der Waals surface area contributed by atoms with E-state index >= 15 is 0 Å². The number of rotatable bonds is 0. The maximum Gasteiger partial charge on any atom is 0.222 e. The van der Waals surface area contributed by atoms with E-state index in [4.69, 9.17) is 18.5 Å². The summed E-state index contributed by atoms with van der Waals surface area (Å²) in [5.41, 5.74) is 0.523. The zero-order valence-electron chi connectivity index (χ0n) is 4.00. The van der Waals surface area contributed by atoms with Gasteiger partial charge >= 0.3 is 0 Å². The molecule has 0 spiro atoms. The summed E-state index contributed by atoms with van der Waals surface area (Å²) < 4.78 is 0. The molecule has 0 aliphatic rings. The van der Waals surface area contributed by atoms with Crippen LogP contribution in [0.4, 0.5) is 0 Å². The van der Waals surface area contributed by atoms with Gasteiger partial charge in [-0.25, -0.2) is 9.97 Å². The molecule has 8 heavy (non-hydrogen) atoms. The molecule has 0 aliphatic heterocycles. The minimum Gasteiger partial charge on any atom is -0.226 e. The Morgan fingerprint density at radius 1 is 1.38 bits per heavy atom. The molecule has 0 amide bonds. The Labute approximate surface area is 52.5 Å². The summed E-state index contributed by atoms with van der Waals surface area (Å²) in [6, 6.07) is 0. The molecule has 1 heterocycles. The van der Waals surface area contributed by atoms with Crippen LogP contribution in [0.2, 0.25) is 5.28 Å². The molecule has 0 aliphatic carbocycles. The van der Waals surface area contributed by atoms with E-state index in [1.165, 1.54) is 12.4 Å². The van der Waals surface area contributed by atoms with E-state index in [1.807, 2.05) is 0 Å². The minimum atomic E-state index is 0.221. The quantitative estimate of drug-likeness (QED) is 0.488. The van der Waals surface area contributed by atoms with Crippen molar-refractivity contribution in [3.05, 3.63) is 30.2 Å². The van der Waals surface area contributed by atoms with Gasteiger partial charge < -0.3 is 0 Å². The molecule has 0 bridgehead atoms. The largest absolute Gasteiger partial charge is 0.226 e. The lowest BCUT2D eigenvalue weighted by Gasteiger charge is -1.86. The lowest BCUT2D eigenvalue weighted by molar-refractivity contribution is 1.15. The van der Waals surface area contributed by atoms with Crippen LogP contribution in [0.25, 0.3) is 0 Å². The highest BCUT2D eigenvalue weighted by atomic mass is 35.5. The second-order valence-corrected chi connectivity index (χ2v) is 1.62. The molecule has 1 rings (SSSR count). The van der Waals surface area contributed by atoms with E-state index in [2.05, 4.69) is 9.97 Å². The summed E-state index contributed by atoms with van der Waals surface area (Å²) in [7, 11) is 0. The zero-order chi connectivity index (χ0) is 5.98. The van der Waals surface area contributed by atoms with Crippen molar-refractivity contribution in [2.24, 2.45) is 0 Å². The van der Waals surface area contributed by atoms with E-state index in [9.17, 15) is 0 Å². The van der Waals surface area contributed by atoms with Crippen molar-refractivity contribution >= 4 is 11.6 Å². The standard InChI is InChI=1S/C5H3ClN2/c1-4-2-7-5(6)8-3-4/h1-3H. The van der Waals surface area contributed by atoms with E-state index in [1.54, 1.807) is 0 Å². The third-order valence-corrected chi connectivity index (χ3v) is 0.835. The second-order valence-electron chi connectivity index (χ2n) is 1.29. The van der Waals surface area contributed by atoms with Crippen molar-refractivity contribution < 1.29 is 0 Å². The van der Waals surface area contributed by atoms with Crippen LogP contribution in [0.1, 0.15) is 5.56 Å². The summed E-state index contributed by atoms with van der Waals surface area (Å²) in [5.74, 6) is 0. The van der Waals surface area contributed by atoms with Crippen molar-refractivity contribution in [2.45, 2.75) is 0 Å². The topological polar surface area (TPSA) is 25.8 Å². The predicted octanol–water partition coefficient (Wildman–Crippen LogP) is 1.19. The van der Waals surface area contributed by atoms with Gasteiger partial charge in [0.25, 0.3) is 0 Å². The van der Waals surface area contributed by atoms with E-state index in [0.29, 0.717) is 5.56 Å². The van der Waals surface area contributed by atoms with Gasteiger partial charge in [-0.3, -0.25) is 0 Å². The Bertz CT molecular complexity index is 149. The minimum absolute atomic E-state index is 0.221. The van der Waals surface area contributed by atoms with Gasteiger partial charge in [-0.15, -0.1) is 0 Å². The average molecular weight is 127 g/mol. The fraction of sp³-hybridized carbons (Fsp3) is 0. The lowest BCUT2D eigenvalue weighted by atomic mass is 10.4. The predicted molar refractivity (Wildman–Crippen MR) is 30.4 cm³/mol. The van der Waals surface area contributed by atoms with Crippen LogP contribution in [0, 0.1) is 6.92 Å². The first-order valence-corrected chi connectivity index (χ1v) is 2.40. The Morgan fingerprint density at radius 2 is 1.88 bits per heavy atom. The average Bonchev–Trinajstić information content (AvgIpc) is 1.77. The molecule has 2 radical (unpaired) electrons. The van der Waals surface area contributed by atoms with Crippen LogP contribution in [-0.2, 0) is 0 Å². The molecular formula is C5H3ClN2. The first-order valence-electron chi connectivity index (χ1n) is 2.02. The Kier molecular flexibility index (Phi) is 1.44. The molecule has 0 saturated carbocycles. The Hall–Kier alpha value is -0.630. The lowest BCUT2D eigenvalue weighted by Crippen LogP contribution is -1.80. The Morgan fingerprint density at radius 3 is 2.25 bits per heavy atom. The number of nitrogens with zero attached hydrogens (tertiary/aromatic N) is 2. The number of halogens is 1. The van der Waals surface area contributed by atoms with Crippen LogP contribution in [0.5, 0.6) is 0 Å². The van der Waals surface area contributed by atoms with Crippen molar-refractivity contribution in [3.63, 3.8) is 0 Å². The van der Waals surface area contributed by atoms with Crippen LogP contribution in [0.15, 0.2) is 12.4 Å². The summed E-state index contributed by atoms with van der Waals surface area (Å²) in [5, 5.41) is 0.221. The smallest absolute Gasteiger partial charge is 0.222 e.